The van der Waals surface area contributed by atoms with Crippen LogP contribution in [0.5, 0.6) is 0 Å². The van der Waals surface area contributed by atoms with Gasteiger partial charge in [0.1, 0.15) is 11.6 Å². The molecule has 0 saturated carbocycles. The van der Waals surface area contributed by atoms with Crippen molar-refractivity contribution in [3.63, 3.8) is 0 Å². The van der Waals surface area contributed by atoms with E-state index >= 15 is 0 Å². The van der Waals surface area contributed by atoms with Gasteiger partial charge in [0.2, 0.25) is 5.95 Å². The van der Waals surface area contributed by atoms with Crippen LogP contribution in [0, 0.1) is 12.7 Å². The van der Waals surface area contributed by atoms with Crippen LogP contribution in [0.3, 0.4) is 0 Å². The molecule has 128 valence electrons. The number of carbonyl (C=O) groups is 1. The predicted octanol–water partition coefficient (Wildman–Crippen LogP) is 4.43. The van der Waals surface area contributed by atoms with Gasteiger partial charge in [-0.3, -0.25) is 5.32 Å². The van der Waals surface area contributed by atoms with Gasteiger partial charge in [-0.25, -0.2) is 14.2 Å². The molecule has 0 aliphatic carbocycles. The number of carbonyl (C=O) groups excluding carboxylic acids is 1. The second kappa shape index (κ2) is 8.44. The van der Waals surface area contributed by atoms with Crippen molar-refractivity contribution in [2.75, 3.05) is 22.5 Å². The summed E-state index contributed by atoms with van der Waals surface area (Å²) in [6.45, 7) is 4.72. The number of rotatable bonds is 6. The molecule has 6 nitrogen and oxygen atoms in total. The minimum absolute atomic E-state index is 0.0676. The molecule has 0 fully saturated rings. The quantitative estimate of drug-likeness (QED) is 0.672. The van der Waals surface area contributed by atoms with Gasteiger partial charge in [-0.1, -0.05) is 24.9 Å². The average Bonchev–Trinajstić information content (AvgIpc) is 2.50. The van der Waals surface area contributed by atoms with Gasteiger partial charge < -0.3 is 10.6 Å². The van der Waals surface area contributed by atoms with Crippen molar-refractivity contribution in [1.82, 2.24) is 9.97 Å². The molecule has 8 heteroatoms. The zero-order chi connectivity index (χ0) is 17.5. The Hall–Kier alpha value is -2.41. The van der Waals surface area contributed by atoms with Gasteiger partial charge in [-0.15, -0.1) is 0 Å². The van der Waals surface area contributed by atoms with E-state index in [4.69, 9.17) is 11.6 Å². The summed E-state index contributed by atoms with van der Waals surface area (Å²) < 4.78 is 13.1. The number of aryl methyl sites for hydroxylation is 1. The van der Waals surface area contributed by atoms with Crippen LogP contribution in [-0.4, -0.2) is 22.5 Å². The van der Waals surface area contributed by atoms with E-state index in [1.54, 1.807) is 6.07 Å². The highest BCUT2D eigenvalue weighted by molar-refractivity contribution is 6.31. The van der Waals surface area contributed by atoms with Crippen molar-refractivity contribution >= 4 is 35.1 Å². The van der Waals surface area contributed by atoms with Gasteiger partial charge in [-0.2, -0.15) is 4.98 Å². The Kier molecular flexibility index (Phi) is 6.31. The molecule has 0 saturated heterocycles. The van der Waals surface area contributed by atoms with Crippen molar-refractivity contribution in [3.8, 4) is 0 Å². The fraction of sp³-hybridized carbons (Fsp3) is 0.312. The Bertz CT molecular complexity index is 726. The number of nitrogens with one attached hydrogen (secondary N) is 3. The van der Waals surface area contributed by atoms with Crippen LogP contribution in [-0.2, 0) is 0 Å². The van der Waals surface area contributed by atoms with E-state index in [-0.39, 0.29) is 11.0 Å². The molecule has 1 aromatic heterocycles. The van der Waals surface area contributed by atoms with Crippen molar-refractivity contribution in [2.24, 2.45) is 0 Å². The number of halogens is 2. The molecule has 2 rings (SSSR count). The summed E-state index contributed by atoms with van der Waals surface area (Å²) in [5, 5.41) is 8.21. The Morgan fingerprint density at radius 3 is 2.75 bits per heavy atom. The lowest BCUT2D eigenvalue weighted by Crippen LogP contribution is -2.21. The minimum atomic E-state index is -0.549. The standard InChI is InChI=1S/C16H19ClFN5O/c1-3-4-7-19-14-8-10(2)20-15(22-14)23-16(24)21-11-5-6-13(18)12(17)9-11/h5-6,8-9H,3-4,7H2,1-2H3,(H3,19,20,21,22,23,24). The number of hydrogen-bond acceptors (Lipinski definition) is 4. The molecule has 0 aliphatic heterocycles. The third-order valence-corrected chi connectivity index (χ3v) is 3.38. The highest BCUT2D eigenvalue weighted by Gasteiger charge is 2.08. The van der Waals surface area contributed by atoms with E-state index in [1.807, 2.05) is 6.92 Å². The fourth-order valence-corrected chi connectivity index (χ4v) is 2.13. The number of nitrogens with zero attached hydrogens (tertiary/aromatic N) is 2. The van der Waals surface area contributed by atoms with Crippen molar-refractivity contribution in [2.45, 2.75) is 26.7 Å². The zero-order valence-corrected chi connectivity index (χ0v) is 14.2. The second-order valence-electron chi connectivity index (χ2n) is 5.21. The maximum absolute atomic E-state index is 13.1. The van der Waals surface area contributed by atoms with Crippen LogP contribution < -0.4 is 16.0 Å². The molecular formula is C16H19ClFN5O. The smallest absolute Gasteiger partial charge is 0.326 e. The number of hydrogen-bond donors (Lipinski definition) is 3. The highest BCUT2D eigenvalue weighted by atomic mass is 35.5. The maximum atomic E-state index is 13.1. The number of urea groups is 1. The van der Waals surface area contributed by atoms with E-state index in [2.05, 4.69) is 32.8 Å². The number of anilines is 3. The van der Waals surface area contributed by atoms with Crippen molar-refractivity contribution in [3.05, 3.63) is 40.8 Å². The molecule has 1 heterocycles. The Morgan fingerprint density at radius 1 is 1.25 bits per heavy atom. The number of aromatic nitrogens is 2. The molecule has 0 aliphatic rings. The van der Waals surface area contributed by atoms with Gasteiger partial charge in [-0.05, 0) is 31.5 Å². The Balaban J connectivity index is 2.01. The fourth-order valence-electron chi connectivity index (χ4n) is 1.95. The monoisotopic (exact) mass is 351 g/mol. The molecule has 1 aromatic carbocycles. The topological polar surface area (TPSA) is 78.9 Å². The molecule has 0 bridgehead atoms. The minimum Gasteiger partial charge on any atom is -0.370 e. The Labute approximate surface area is 144 Å². The van der Waals surface area contributed by atoms with Crippen molar-refractivity contribution < 1.29 is 9.18 Å². The van der Waals surface area contributed by atoms with Gasteiger partial charge in [0.25, 0.3) is 0 Å². The average molecular weight is 352 g/mol. The summed E-state index contributed by atoms with van der Waals surface area (Å²) >= 11 is 5.68. The number of benzene rings is 1. The Morgan fingerprint density at radius 2 is 2.04 bits per heavy atom. The van der Waals surface area contributed by atoms with Crippen LogP contribution in [0.1, 0.15) is 25.5 Å². The lowest BCUT2D eigenvalue weighted by molar-refractivity contribution is 0.262. The summed E-state index contributed by atoms with van der Waals surface area (Å²) in [5.41, 5.74) is 1.09. The van der Waals surface area contributed by atoms with E-state index < -0.39 is 11.8 Å². The molecule has 2 aromatic rings. The van der Waals surface area contributed by atoms with Crippen molar-refractivity contribution in [1.29, 1.82) is 0 Å². The van der Waals surface area contributed by atoms with Crippen LogP contribution >= 0.6 is 11.6 Å². The first-order valence-corrected chi connectivity index (χ1v) is 7.98. The highest BCUT2D eigenvalue weighted by Crippen LogP contribution is 2.19. The molecular weight excluding hydrogens is 333 g/mol. The van der Waals surface area contributed by atoms with Crippen LogP contribution in [0.4, 0.5) is 26.6 Å². The van der Waals surface area contributed by atoms with Crippen LogP contribution in [0.2, 0.25) is 5.02 Å². The van der Waals surface area contributed by atoms with Gasteiger partial charge in [0.15, 0.2) is 0 Å². The van der Waals surface area contributed by atoms with Gasteiger partial charge in [0, 0.05) is 24.0 Å². The molecule has 0 radical (unpaired) electrons. The number of unbranched alkanes of at least 4 members (excludes halogenated alkanes) is 1. The van der Waals surface area contributed by atoms with E-state index in [9.17, 15) is 9.18 Å². The van der Waals surface area contributed by atoms with Gasteiger partial charge in [0.05, 0.1) is 5.02 Å². The maximum Gasteiger partial charge on any atom is 0.326 e. The second-order valence-corrected chi connectivity index (χ2v) is 5.61. The van der Waals surface area contributed by atoms with E-state index in [0.29, 0.717) is 11.5 Å². The van der Waals surface area contributed by atoms with E-state index in [0.717, 1.165) is 25.1 Å². The van der Waals surface area contributed by atoms with Crippen LogP contribution in [0.15, 0.2) is 24.3 Å². The summed E-state index contributed by atoms with van der Waals surface area (Å²) in [6.07, 6.45) is 2.10. The molecule has 2 amide bonds. The molecule has 0 unspecified atom stereocenters. The molecule has 24 heavy (non-hydrogen) atoms. The van der Waals surface area contributed by atoms with E-state index in [1.165, 1.54) is 18.2 Å². The summed E-state index contributed by atoms with van der Waals surface area (Å²) in [7, 11) is 0. The third-order valence-electron chi connectivity index (χ3n) is 3.09. The zero-order valence-electron chi connectivity index (χ0n) is 13.5. The van der Waals surface area contributed by atoms with Crippen LogP contribution in [0.25, 0.3) is 0 Å². The first-order chi connectivity index (χ1) is 11.5. The first-order valence-electron chi connectivity index (χ1n) is 7.60. The lowest BCUT2D eigenvalue weighted by atomic mass is 10.3. The largest absolute Gasteiger partial charge is 0.370 e. The summed E-state index contributed by atoms with van der Waals surface area (Å²) in [6, 6.07) is 5.18. The summed E-state index contributed by atoms with van der Waals surface area (Å²) in [5.74, 6) is 0.281. The lowest BCUT2D eigenvalue weighted by Gasteiger charge is -2.10. The molecule has 0 spiro atoms. The number of amides is 2. The summed E-state index contributed by atoms with van der Waals surface area (Å²) in [4.78, 5) is 20.4. The molecule has 3 N–H and O–H groups in total. The van der Waals surface area contributed by atoms with Gasteiger partial charge >= 0.3 is 6.03 Å². The first kappa shape index (κ1) is 17.9. The normalized spacial score (nSPS) is 10.3. The molecule has 0 atom stereocenters. The predicted molar refractivity (Wildman–Crippen MR) is 94.2 cm³/mol. The SMILES string of the molecule is CCCCNc1cc(C)nc(NC(=O)Nc2ccc(F)c(Cl)c2)n1. The third kappa shape index (κ3) is 5.34.